The Bertz CT molecular complexity index is 3160. The summed E-state index contributed by atoms with van der Waals surface area (Å²) in [5.74, 6) is 0.916. The summed E-state index contributed by atoms with van der Waals surface area (Å²) in [5, 5.41) is 39.5. The zero-order valence-electron chi connectivity index (χ0n) is 35.0. The number of hydrogen-bond acceptors (Lipinski definition) is 13. The first-order chi connectivity index (χ1) is 31.2. The van der Waals surface area contributed by atoms with Gasteiger partial charge in [0, 0.05) is 87.4 Å². The third-order valence-electron chi connectivity index (χ3n) is 11.0. The standard InChI is InChI=1S/C21H20F2N8O2.C20H17ClF2N8O/c1-11(2)30-9-12-4-15(13-7-24-29(8-13)21(22)23)19(33-3)5-14(12)17-6-18(32)16(10-31(17)30)20-25-27-28-26-20;1-10(2)30-8-11-3-13(12-6-24-29(7-12)20(22)23)16(21)4-14(11)17-5-18(32)15(9-31(17)30)19-25-27-28-26-19/h4-8,10-11,21H,9H2,1-3H3,(H,25,26,27,28);3-7,9-10,20H,8H2,1-2H3,(H,25,26,27,28). The van der Waals surface area contributed by atoms with Gasteiger partial charge in [-0.05, 0) is 73.5 Å². The molecule has 24 heteroatoms. The second-order valence-corrected chi connectivity index (χ2v) is 16.0. The van der Waals surface area contributed by atoms with E-state index >= 15 is 0 Å². The Morgan fingerprint density at radius 2 is 1.08 bits per heavy atom. The number of halogens is 5. The number of fused-ring (bicyclic) bond motifs is 6. The molecule has 0 spiro atoms. The van der Waals surface area contributed by atoms with E-state index in [2.05, 4.69) is 61.5 Å². The molecule has 334 valence electrons. The van der Waals surface area contributed by atoms with Crippen molar-refractivity contribution in [2.24, 2.45) is 0 Å². The van der Waals surface area contributed by atoms with Crippen LogP contribution >= 0.6 is 11.6 Å². The number of pyridine rings is 2. The van der Waals surface area contributed by atoms with Crippen LogP contribution in [-0.4, -0.2) is 89.4 Å². The van der Waals surface area contributed by atoms with E-state index in [-0.39, 0.29) is 34.6 Å². The smallest absolute Gasteiger partial charge is 0.333 e. The second-order valence-electron chi connectivity index (χ2n) is 15.6. The summed E-state index contributed by atoms with van der Waals surface area (Å²) in [6, 6.07) is 10.6. The fourth-order valence-corrected chi connectivity index (χ4v) is 8.16. The van der Waals surface area contributed by atoms with Gasteiger partial charge < -0.3 is 14.8 Å². The van der Waals surface area contributed by atoms with Crippen LogP contribution in [0.15, 0.2) is 83.2 Å². The van der Waals surface area contributed by atoms with Crippen molar-refractivity contribution in [1.29, 1.82) is 0 Å². The van der Waals surface area contributed by atoms with Crippen LogP contribution in [0.5, 0.6) is 5.75 Å². The van der Waals surface area contributed by atoms with Crippen LogP contribution in [0.25, 0.3) is 67.5 Å². The average Bonchev–Trinajstić information content (AvgIpc) is 4.14. The van der Waals surface area contributed by atoms with Gasteiger partial charge in [0.1, 0.15) is 5.75 Å². The molecular formula is C41H37ClF4N16O3. The number of aromatic amines is 2. The minimum absolute atomic E-state index is 0.0863. The van der Waals surface area contributed by atoms with Crippen molar-refractivity contribution in [2.75, 3.05) is 17.1 Å². The van der Waals surface area contributed by atoms with Crippen LogP contribution in [0.2, 0.25) is 5.02 Å². The van der Waals surface area contributed by atoms with E-state index in [1.54, 1.807) is 18.5 Å². The summed E-state index contributed by atoms with van der Waals surface area (Å²) >= 11 is 6.54. The molecule has 8 aromatic rings. The molecule has 0 saturated carbocycles. The Morgan fingerprint density at radius 1 is 0.615 bits per heavy atom. The largest absolute Gasteiger partial charge is 0.496 e. The molecule has 10 rings (SSSR count). The normalized spacial score (nSPS) is 13.0. The number of tetrazole rings is 2. The topological polar surface area (TPSA) is 204 Å². The van der Waals surface area contributed by atoms with Crippen molar-refractivity contribution < 1.29 is 22.3 Å². The number of nitrogens with zero attached hydrogens (tertiary/aromatic N) is 14. The van der Waals surface area contributed by atoms with E-state index in [1.165, 1.54) is 44.0 Å². The Kier molecular flexibility index (Phi) is 11.0. The maximum Gasteiger partial charge on any atom is 0.333 e. The minimum atomic E-state index is -2.73. The molecular weight excluding hydrogens is 876 g/mol. The number of benzene rings is 2. The van der Waals surface area contributed by atoms with E-state index in [0.29, 0.717) is 78.0 Å². The molecule has 0 amide bonds. The number of aromatic nitrogens is 14. The minimum Gasteiger partial charge on any atom is -0.496 e. The fourth-order valence-electron chi connectivity index (χ4n) is 7.89. The second kappa shape index (κ2) is 16.8. The molecule has 0 radical (unpaired) electrons. The van der Waals surface area contributed by atoms with E-state index in [0.717, 1.165) is 22.3 Å². The molecule has 0 bridgehead atoms. The molecule has 2 aliphatic heterocycles. The van der Waals surface area contributed by atoms with Gasteiger partial charge in [0.2, 0.25) is 11.6 Å². The summed E-state index contributed by atoms with van der Waals surface area (Å²) in [6.45, 7) is 3.72. The van der Waals surface area contributed by atoms with Crippen LogP contribution < -0.4 is 25.6 Å². The first-order valence-electron chi connectivity index (χ1n) is 19.9. The number of rotatable bonds is 9. The van der Waals surface area contributed by atoms with Crippen LogP contribution in [0.4, 0.5) is 17.6 Å². The summed E-state index contributed by atoms with van der Waals surface area (Å²) < 4.78 is 62.6. The lowest BCUT2D eigenvalue weighted by atomic mass is 9.95. The first-order valence-corrected chi connectivity index (χ1v) is 20.3. The van der Waals surface area contributed by atoms with Gasteiger partial charge in [-0.15, -0.1) is 20.4 Å². The maximum absolute atomic E-state index is 13.0. The third-order valence-corrected chi connectivity index (χ3v) is 11.4. The predicted molar refractivity (Wildman–Crippen MR) is 229 cm³/mol. The quantitative estimate of drug-likeness (QED) is 0.153. The number of methoxy groups -OCH3 is 1. The van der Waals surface area contributed by atoms with Gasteiger partial charge >= 0.3 is 13.1 Å². The first kappa shape index (κ1) is 42.6. The zero-order valence-corrected chi connectivity index (χ0v) is 35.8. The SMILES string of the molecule is CC(C)N1Cc2cc(-c3cnn(C(F)F)c3)c(Cl)cc2-c2cc(=O)c(-c3nn[nH]n3)cn21.COc1cc2c(cc1-c1cnn(C(F)F)c1)CN(C(C)C)n1cc(-c3nn[nH]n3)c(=O)cc1-2. The molecule has 0 fully saturated rings. The molecule has 8 heterocycles. The summed E-state index contributed by atoms with van der Waals surface area (Å²) in [7, 11) is 1.51. The molecule has 0 aliphatic carbocycles. The Morgan fingerprint density at radius 3 is 1.49 bits per heavy atom. The van der Waals surface area contributed by atoms with Crippen molar-refractivity contribution in [1.82, 2.24) is 70.2 Å². The summed E-state index contributed by atoms with van der Waals surface area (Å²) in [6.07, 6.45) is 8.69. The Balaban J connectivity index is 0.000000164. The highest BCUT2D eigenvalue weighted by molar-refractivity contribution is 6.33. The highest BCUT2D eigenvalue weighted by Gasteiger charge is 2.29. The van der Waals surface area contributed by atoms with Crippen molar-refractivity contribution in [2.45, 2.75) is 66.0 Å². The molecule has 19 nitrogen and oxygen atoms in total. The van der Waals surface area contributed by atoms with Gasteiger partial charge in [0.15, 0.2) is 10.9 Å². The Labute approximate surface area is 369 Å². The van der Waals surface area contributed by atoms with E-state index in [4.69, 9.17) is 16.3 Å². The molecule has 0 atom stereocenters. The highest BCUT2D eigenvalue weighted by Crippen LogP contribution is 2.41. The monoisotopic (exact) mass is 912 g/mol. The van der Waals surface area contributed by atoms with E-state index < -0.39 is 13.1 Å². The molecule has 2 N–H and O–H groups in total. The summed E-state index contributed by atoms with van der Waals surface area (Å²) in [5.41, 5.74) is 7.16. The number of H-pyrrole nitrogens is 2. The number of alkyl halides is 4. The fraction of sp³-hybridized carbons (Fsp3) is 0.268. The van der Waals surface area contributed by atoms with Crippen LogP contribution in [0, 0.1) is 0 Å². The van der Waals surface area contributed by atoms with Gasteiger partial charge in [0.25, 0.3) is 0 Å². The number of ether oxygens (including phenoxy) is 1. The molecule has 0 saturated heterocycles. The predicted octanol–water partition coefficient (Wildman–Crippen LogP) is 6.29. The average molecular weight is 913 g/mol. The highest BCUT2D eigenvalue weighted by atomic mass is 35.5. The number of nitrogens with one attached hydrogen (secondary N) is 2. The van der Waals surface area contributed by atoms with Crippen molar-refractivity contribution in [3.05, 3.63) is 110 Å². The van der Waals surface area contributed by atoms with Crippen molar-refractivity contribution >= 4 is 11.6 Å². The van der Waals surface area contributed by atoms with Crippen LogP contribution in [0.3, 0.4) is 0 Å². The Hall–Kier alpha value is -7.69. The molecule has 6 aromatic heterocycles. The van der Waals surface area contributed by atoms with Gasteiger partial charge in [-0.2, -0.15) is 38.2 Å². The lowest BCUT2D eigenvalue weighted by molar-refractivity contribution is 0.0562. The molecule has 0 unspecified atom stereocenters. The lowest BCUT2D eigenvalue weighted by Crippen LogP contribution is -2.43. The van der Waals surface area contributed by atoms with Gasteiger partial charge in [0.05, 0.1) is 55.1 Å². The molecule has 2 aromatic carbocycles. The maximum atomic E-state index is 13.0. The number of hydrogen-bond donors (Lipinski definition) is 2. The van der Waals surface area contributed by atoms with Crippen molar-refractivity contribution in [3.63, 3.8) is 0 Å². The molecule has 65 heavy (non-hydrogen) atoms. The zero-order chi connectivity index (χ0) is 45.8. The van der Waals surface area contributed by atoms with E-state index in [1.807, 2.05) is 55.2 Å². The third kappa shape index (κ3) is 7.76. The summed E-state index contributed by atoms with van der Waals surface area (Å²) in [4.78, 5) is 25.8. The van der Waals surface area contributed by atoms with Crippen LogP contribution in [-0.2, 0) is 13.1 Å². The van der Waals surface area contributed by atoms with Gasteiger partial charge in [-0.1, -0.05) is 11.6 Å². The molecule has 2 aliphatic rings. The van der Waals surface area contributed by atoms with E-state index in [9.17, 15) is 27.2 Å². The van der Waals surface area contributed by atoms with Gasteiger partial charge in [-0.3, -0.25) is 18.9 Å². The van der Waals surface area contributed by atoms with Gasteiger partial charge in [-0.25, -0.2) is 9.36 Å². The van der Waals surface area contributed by atoms with Crippen LogP contribution in [0.1, 0.15) is 51.9 Å². The lowest BCUT2D eigenvalue weighted by Gasteiger charge is -2.38. The van der Waals surface area contributed by atoms with Crippen molar-refractivity contribution in [3.8, 4) is 73.3 Å².